The highest BCUT2D eigenvalue weighted by Gasteiger charge is 2.19. The van der Waals surface area contributed by atoms with Crippen LogP contribution >= 0.6 is 0 Å². The smallest absolute Gasteiger partial charge is 0.249 e. The predicted molar refractivity (Wildman–Crippen MR) is 51.6 cm³/mol. The minimum atomic E-state index is -0.178. The number of nitrogens with zero attached hydrogens (tertiary/aromatic N) is 3. The van der Waals surface area contributed by atoms with E-state index in [4.69, 9.17) is 4.84 Å². The summed E-state index contributed by atoms with van der Waals surface area (Å²) in [5.74, 6) is -0.178. The molecule has 0 radical (unpaired) electrons. The molecule has 1 aromatic heterocycles. The molecule has 6 nitrogen and oxygen atoms in total. The fourth-order valence-electron chi connectivity index (χ4n) is 1.31. The van der Waals surface area contributed by atoms with E-state index in [0.29, 0.717) is 5.69 Å². The quantitative estimate of drug-likeness (QED) is 0.708. The van der Waals surface area contributed by atoms with Gasteiger partial charge in [-0.15, -0.1) is 5.10 Å². The number of hydroxylamine groups is 1. The van der Waals surface area contributed by atoms with Crippen LogP contribution in [0.15, 0.2) is 6.20 Å². The standard InChI is InChI=1S/C9H14N4O2/c1-13-6-7(10-12-13)5-9(14)11-15-8-3-2-4-8/h6,8H,2-5H2,1H3,(H,11,14). The largest absolute Gasteiger partial charge is 0.272 e. The number of aryl methyl sites for hydroxylation is 1. The van der Waals surface area contributed by atoms with E-state index in [1.165, 1.54) is 6.42 Å². The molecular weight excluding hydrogens is 196 g/mol. The van der Waals surface area contributed by atoms with Crippen molar-refractivity contribution in [3.05, 3.63) is 11.9 Å². The van der Waals surface area contributed by atoms with Crippen molar-refractivity contribution in [1.29, 1.82) is 0 Å². The highest BCUT2D eigenvalue weighted by atomic mass is 16.7. The van der Waals surface area contributed by atoms with E-state index >= 15 is 0 Å². The molecule has 0 atom stereocenters. The molecule has 15 heavy (non-hydrogen) atoms. The van der Waals surface area contributed by atoms with Crippen molar-refractivity contribution in [3.8, 4) is 0 Å². The molecule has 1 saturated carbocycles. The lowest BCUT2D eigenvalue weighted by Gasteiger charge is -2.24. The van der Waals surface area contributed by atoms with E-state index < -0.39 is 0 Å². The molecule has 1 aliphatic rings. The number of amides is 1. The van der Waals surface area contributed by atoms with Crippen molar-refractivity contribution in [2.75, 3.05) is 0 Å². The first kappa shape index (κ1) is 10.1. The van der Waals surface area contributed by atoms with Crippen molar-refractivity contribution in [2.24, 2.45) is 7.05 Å². The summed E-state index contributed by atoms with van der Waals surface area (Å²) in [6.45, 7) is 0. The van der Waals surface area contributed by atoms with E-state index in [-0.39, 0.29) is 18.4 Å². The van der Waals surface area contributed by atoms with E-state index in [1.54, 1.807) is 17.9 Å². The topological polar surface area (TPSA) is 69.0 Å². The Morgan fingerprint density at radius 2 is 2.53 bits per heavy atom. The fourth-order valence-corrected chi connectivity index (χ4v) is 1.31. The van der Waals surface area contributed by atoms with E-state index in [9.17, 15) is 4.79 Å². The lowest BCUT2D eigenvalue weighted by atomic mass is 9.97. The van der Waals surface area contributed by atoms with Gasteiger partial charge in [0.05, 0.1) is 18.2 Å². The first-order valence-corrected chi connectivity index (χ1v) is 5.04. The predicted octanol–water partition coefficient (Wildman–Crippen LogP) is -0.0421. The Balaban J connectivity index is 1.71. The molecular formula is C9H14N4O2. The van der Waals surface area contributed by atoms with Crippen molar-refractivity contribution >= 4 is 5.91 Å². The van der Waals surface area contributed by atoms with Gasteiger partial charge in [-0.25, -0.2) is 5.48 Å². The molecule has 0 saturated heterocycles. The molecule has 0 aromatic carbocycles. The number of rotatable bonds is 4. The summed E-state index contributed by atoms with van der Waals surface area (Å²) in [5.41, 5.74) is 3.07. The van der Waals surface area contributed by atoms with Crippen molar-refractivity contribution in [2.45, 2.75) is 31.8 Å². The van der Waals surface area contributed by atoms with Crippen LogP contribution in [0.2, 0.25) is 0 Å². The maximum atomic E-state index is 11.4. The zero-order chi connectivity index (χ0) is 10.7. The summed E-state index contributed by atoms with van der Waals surface area (Å²) in [6.07, 6.45) is 5.38. The summed E-state index contributed by atoms with van der Waals surface area (Å²) in [7, 11) is 1.76. The third-order valence-corrected chi connectivity index (χ3v) is 2.38. The zero-order valence-corrected chi connectivity index (χ0v) is 8.64. The van der Waals surface area contributed by atoms with Gasteiger partial charge in [0.2, 0.25) is 5.91 Å². The Kier molecular flexibility index (Phi) is 2.96. The molecule has 1 fully saturated rings. The SMILES string of the molecule is Cn1cc(CC(=O)NOC2CCC2)nn1. The highest BCUT2D eigenvalue weighted by Crippen LogP contribution is 2.20. The van der Waals surface area contributed by atoms with Crippen molar-refractivity contribution in [3.63, 3.8) is 0 Å². The maximum absolute atomic E-state index is 11.4. The lowest BCUT2D eigenvalue weighted by Crippen LogP contribution is -2.34. The minimum absolute atomic E-state index is 0.178. The fraction of sp³-hybridized carbons (Fsp3) is 0.667. The van der Waals surface area contributed by atoms with Crippen LogP contribution in [0.5, 0.6) is 0 Å². The van der Waals surface area contributed by atoms with Crippen LogP contribution in [0, 0.1) is 0 Å². The third kappa shape index (κ3) is 2.76. The number of hydrogen-bond donors (Lipinski definition) is 1. The van der Waals surface area contributed by atoms with Gasteiger partial charge < -0.3 is 0 Å². The molecule has 1 aromatic rings. The van der Waals surface area contributed by atoms with Crippen LogP contribution in [0.25, 0.3) is 0 Å². The van der Waals surface area contributed by atoms with Gasteiger partial charge in [-0.3, -0.25) is 14.3 Å². The second-order valence-electron chi connectivity index (χ2n) is 3.76. The molecule has 0 unspecified atom stereocenters. The number of nitrogens with one attached hydrogen (secondary N) is 1. The van der Waals surface area contributed by atoms with Crippen molar-refractivity contribution in [1.82, 2.24) is 20.5 Å². The molecule has 0 spiro atoms. The maximum Gasteiger partial charge on any atom is 0.249 e. The average molecular weight is 210 g/mol. The van der Waals surface area contributed by atoms with Gasteiger partial charge in [0.25, 0.3) is 0 Å². The van der Waals surface area contributed by atoms with Gasteiger partial charge >= 0.3 is 0 Å². The first-order chi connectivity index (χ1) is 7.24. The van der Waals surface area contributed by atoms with Gasteiger partial charge in [0, 0.05) is 13.2 Å². The van der Waals surface area contributed by atoms with Gasteiger partial charge in [0.1, 0.15) is 0 Å². The Morgan fingerprint density at radius 1 is 1.73 bits per heavy atom. The van der Waals surface area contributed by atoms with Crippen LogP contribution in [-0.4, -0.2) is 27.0 Å². The highest BCUT2D eigenvalue weighted by molar-refractivity contribution is 5.76. The monoisotopic (exact) mass is 210 g/mol. The Bertz CT molecular complexity index is 346. The minimum Gasteiger partial charge on any atom is -0.272 e. The number of hydrogen-bond acceptors (Lipinski definition) is 4. The van der Waals surface area contributed by atoms with Gasteiger partial charge in [-0.05, 0) is 19.3 Å². The zero-order valence-electron chi connectivity index (χ0n) is 8.64. The van der Waals surface area contributed by atoms with Crippen LogP contribution in [0.1, 0.15) is 25.0 Å². The summed E-state index contributed by atoms with van der Waals surface area (Å²) >= 11 is 0. The molecule has 1 N–H and O–H groups in total. The van der Waals surface area contributed by atoms with Crippen molar-refractivity contribution < 1.29 is 9.63 Å². The summed E-state index contributed by atoms with van der Waals surface area (Å²) in [6, 6.07) is 0. The average Bonchev–Trinajstić information content (AvgIpc) is 2.48. The molecule has 0 bridgehead atoms. The van der Waals surface area contributed by atoms with Gasteiger partial charge in [-0.1, -0.05) is 5.21 Å². The van der Waals surface area contributed by atoms with E-state index in [1.807, 2.05) is 0 Å². The second-order valence-corrected chi connectivity index (χ2v) is 3.76. The molecule has 1 amide bonds. The molecule has 2 rings (SSSR count). The van der Waals surface area contributed by atoms with Gasteiger partial charge in [-0.2, -0.15) is 0 Å². The summed E-state index contributed by atoms with van der Waals surface area (Å²) < 4.78 is 1.56. The summed E-state index contributed by atoms with van der Waals surface area (Å²) in [5, 5.41) is 7.55. The van der Waals surface area contributed by atoms with Crippen LogP contribution < -0.4 is 5.48 Å². The van der Waals surface area contributed by atoms with Gasteiger partial charge in [0.15, 0.2) is 0 Å². The molecule has 0 aliphatic heterocycles. The molecule has 1 heterocycles. The second kappa shape index (κ2) is 4.39. The van der Waals surface area contributed by atoms with E-state index in [2.05, 4.69) is 15.8 Å². The Labute approximate surface area is 87.6 Å². The molecule has 1 aliphatic carbocycles. The third-order valence-electron chi connectivity index (χ3n) is 2.38. The number of carbonyl (C=O) groups excluding carboxylic acids is 1. The normalized spacial score (nSPS) is 16.1. The van der Waals surface area contributed by atoms with Crippen LogP contribution in [-0.2, 0) is 23.1 Å². The van der Waals surface area contributed by atoms with Crippen LogP contribution in [0.4, 0.5) is 0 Å². The lowest BCUT2D eigenvalue weighted by molar-refractivity contribution is -0.142. The number of carbonyl (C=O) groups is 1. The van der Waals surface area contributed by atoms with E-state index in [0.717, 1.165) is 12.8 Å². The van der Waals surface area contributed by atoms with Crippen LogP contribution in [0.3, 0.4) is 0 Å². The number of aromatic nitrogens is 3. The molecule has 6 heteroatoms. The Morgan fingerprint density at radius 3 is 3.07 bits per heavy atom. The first-order valence-electron chi connectivity index (χ1n) is 5.04. The molecule has 82 valence electrons. The Hall–Kier alpha value is -1.43. The summed E-state index contributed by atoms with van der Waals surface area (Å²) in [4.78, 5) is 16.5.